The summed E-state index contributed by atoms with van der Waals surface area (Å²) in [5, 5.41) is 0. The SMILES string of the molecule is COC1Cc2ccccc2[C@H]([C@H]2COCN(C)[C@@H]2c2ccccc2)O1. The standard InChI is InChI=1S/C21H25NO3/c1-22-14-24-13-18(20(22)15-8-4-3-5-9-15)21-17-11-7-6-10-16(17)12-19(23-2)25-21/h3-11,18-21H,12-14H2,1-2H3/t18-,19?,20+,21+/m0/s1. The van der Waals surface area contributed by atoms with Crippen molar-refractivity contribution in [2.75, 3.05) is 27.5 Å². The minimum Gasteiger partial charge on any atom is -0.366 e. The Morgan fingerprint density at radius 1 is 1.04 bits per heavy atom. The Morgan fingerprint density at radius 3 is 2.60 bits per heavy atom. The van der Waals surface area contributed by atoms with Gasteiger partial charge in [0.25, 0.3) is 0 Å². The summed E-state index contributed by atoms with van der Waals surface area (Å²) in [5.74, 6) is 0.209. The van der Waals surface area contributed by atoms with Crippen molar-refractivity contribution in [2.45, 2.75) is 24.9 Å². The van der Waals surface area contributed by atoms with Crippen LogP contribution in [0.25, 0.3) is 0 Å². The van der Waals surface area contributed by atoms with Gasteiger partial charge in [-0.05, 0) is 23.7 Å². The van der Waals surface area contributed by atoms with Crippen LogP contribution < -0.4 is 0 Å². The van der Waals surface area contributed by atoms with E-state index in [1.54, 1.807) is 7.11 Å². The molecule has 1 unspecified atom stereocenters. The Labute approximate surface area is 149 Å². The normalized spacial score (nSPS) is 30.0. The van der Waals surface area contributed by atoms with E-state index in [9.17, 15) is 0 Å². The molecule has 1 saturated heterocycles. The zero-order valence-corrected chi connectivity index (χ0v) is 14.8. The van der Waals surface area contributed by atoms with E-state index in [4.69, 9.17) is 14.2 Å². The fourth-order valence-corrected chi connectivity index (χ4v) is 4.17. The summed E-state index contributed by atoms with van der Waals surface area (Å²) >= 11 is 0. The Balaban J connectivity index is 1.73. The Hall–Kier alpha value is -1.72. The van der Waals surface area contributed by atoms with Crippen molar-refractivity contribution in [3.63, 3.8) is 0 Å². The second-order valence-electron chi connectivity index (χ2n) is 6.90. The van der Waals surface area contributed by atoms with Gasteiger partial charge in [-0.25, -0.2) is 0 Å². The first kappa shape index (κ1) is 16.7. The molecule has 4 nitrogen and oxygen atoms in total. The molecule has 0 saturated carbocycles. The second-order valence-corrected chi connectivity index (χ2v) is 6.90. The fraction of sp³-hybridized carbons (Fsp3) is 0.429. The number of benzene rings is 2. The Morgan fingerprint density at radius 2 is 1.80 bits per heavy atom. The molecule has 4 atom stereocenters. The van der Waals surface area contributed by atoms with Crippen molar-refractivity contribution in [1.82, 2.24) is 4.90 Å². The number of hydrogen-bond donors (Lipinski definition) is 0. The van der Waals surface area contributed by atoms with Gasteiger partial charge in [0.05, 0.1) is 19.4 Å². The predicted molar refractivity (Wildman–Crippen MR) is 96.0 cm³/mol. The van der Waals surface area contributed by atoms with Crippen molar-refractivity contribution in [1.29, 1.82) is 0 Å². The predicted octanol–water partition coefficient (Wildman–Crippen LogP) is 3.55. The van der Waals surface area contributed by atoms with Gasteiger partial charge in [0, 0.05) is 25.5 Å². The quantitative estimate of drug-likeness (QED) is 0.856. The van der Waals surface area contributed by atoms with Gasteiger partial charge in [-0.15, -0.1) is 0 Å². The molecule has 0 amide bonds. The minimum absolute atomic E-state index is 0.0390. The van der Waals surface area contributed by atoms with E-state index < -0.39 is 0 Å². The average Bonchev–Trinajstić information content (AvgIpc) is 2.67. The van der Waals surface area contributed by atoms with E-state index in [0.29, 0.717) is 13.3 Å². The molecule has 4 rings (SSSR count). The molecule has 0 aliphatic carbocycles. The van der Waals surface area contributed by atoms with Crippen LogP contribution in [0.15, 0.2) is 54.6 Å². The molecule has 2 aliphatic rings. The molecule has 2 aromatic rings. The fourth-order valence-electron chi connectivity index (χ4n) is 4.17. The van der Waals surface area contributed by atoms with Gasteiger partial charge in [0.1, 0.15) is 0 Å². The van der Waals surface area contributed by atoms with Crippen LogP contribution in [0.4, 0.5) is 0 Å². The first-order valence-electron chi connectivity index (χ1n) is 8.87. The molecule has 2 heterocycles. The highest BCUT2D eigenvalue weighted by Gasteiger charge is 2.41. The van der Waals surface area contributed by atoms with Crippen LogP contribution in [-0.2, 0) is 20.6 Å². The largest absolute Gasteiger partial charge is 0.366 e. The molecule has 25 heavy (non-hydrogen) atoms. The molecule has 0 spiro atoms. The monoisotopic (exact) mass is 339 g/mol. The summed E-state index contributed by atoms with van der Waals surface area (Å²) in [7, 11) is 3.83. The van der Waals surface area contributed by atoms with Gasteiger partial charge in [-0.2, -0.15) is 0 Å². The third-order valence-corrected chi connectivity index (χ3v) is 5.33. The topological polar surface area (TPSA) is 30.9 Å². The molecule has 0 aromatic heterocycles. The van der Waals surface area contributed by atoms with E-state index in [1.807, 2.05) is 0 Å². The average molecular weight is 339 g/mol. The molecule has 1 fully saturated rings. The summed E-state index contributed by atoms with van der Waals surface area (Å²) in [6.07, 6.45) is 0.550. The third-order valence-electron chi connectivity index (χ3n) is 5.33. The van der Waals surface area contributed by atoms with E-state index in [-0.39, 0.29) is 24.4 Å². The minimum atomic E-state index is -0.205. The highest BCUT2D eigenvalue weighted by Crippen LogP contribution is 2.44. The highest BCUT2D eigenvalue weighted by atomic mass is 16.7. The molecule has 0 radical (unpaired) electrons. The lowest BCUT2D eigenvalue weighted by Gasteiger charge is -2.45. The van der Waals surface area contributed by atoms with Crippen molar-refractivity contribution in [3.8, 4) is 0 Å². The maximum Gasteiger partial charge on any atom is 0.162 e. The van der Waals surface area contributed by atoms with E-state index in [1.165, 1.54) is 16.7 Å². The van der Waals surface area contributed by atoms with Crippen LogP contribution >= 0.6 is 0 Å². The number of methoxy groups -OCH3 is 1. The molecule has 2 aromatic carbocycles. The summed E-state index contributed by atoms with van der Waals surface area (Å²) in [4.78, 5) is 2.27. The lowest BCUT2D eigenvalue weighted by Crippen LogP contribution is -2.45. The Bertz CT molecular complexity index is 705. The number of hydrogen-bond acceptors (Lipinski definition) is 4. The molecular formula is C21H25NO3. The summed E-state index contributed by atoms with van der Waals surface area (Å²) in [6, 6.07) is 19.5. The second kappa shape index (κ2) is 7.26. The van der Waals surface area contributed by atoms with E-state index in [2.05, 4.69) is 66.5 Å². The molecule has 2 aliphatic heterocycles. The van der Waals surface area contributed by atoms with Gasteiger partial charge >= 0.3 is 0 Å². The molecule has 0 N–H and O–H groups in total. The zero-order chi connectivity index (χ0) is 17.2. The van der Waals surface area contributed by atoms with Crippen LogP contribution in [0, 0.1) is 5.92 Å². The van der Waals surface area contributed by atoms with Crippen LogP contribution in [-0.4, -0.2) is 38.7 Å². The van der Waals surface area contributed by atoms with Crippen LogP contribution in [0.3, 0.4) is 0 Å². The summed E-state index contributed by atoms with van der Waals surface area (Å²) in [5.41, 5.74) is 3.88. The van der Waals surface area contributed by atoms with Crippen molar-refractivity contribution in [2.24, 2.45) is 5.92 Å². The van der Waals surface area contributed by atoms with E-state index in [0.717, 1.165) is 6.42 Å². The molecule has 132 valence electrons. The van der Waals surface area contributed by atoms with Gasteiger partial charge in [0.15, 0.2) is 6.29 Å². The number of fused-ring (bicyclic) bond motifs is 1. The maximum atomic E-state index is 6.37. The summed E-state index contributed by atoms with van der Waals surface area (Å²) < 4.78 is 17.8. The number of ether oxygens (including phenoxy) is 3. The first-order chi connectivity index (χ1) is 12.3. The smallest absolute Gasteiger partial charge is 0.162 e. The van der Waals surface area contributed by atoms with Crippen LogP contribution in [0.1, 0.15) is 28.8 Å². The van der Waals surface area contributed by atoms with Gasteiger partial charge in [-0.1, -0.05) is 54.6 Å². The van der Waals surface area contributed by atoms with Gasteiger partial charge in [-0.3, -0.25) is 4.90 Å². The summed E-state index contributed by atoms with van der Waals surface area (Å²) in [6.45, 7) is 1.32. The highest BCUT2D eigenvalue weighted by molar-refractivity contribution is 5.33. The maximum absolute atomic E-state index is 6.37. The van der Waals surface area contributed by atoms with Gasteiger partial charge in [0.2, 0.25) is 0 Å². The first-order valence-corrected chi connectivity index (χ1v) is 8.87. The van der Waals surface area contributed by atoms with Crippen molar-refractivity contribution in [3.05, 3.63) is 71.3 Å². The van der Waals surface area contributed by atoms with Crippen molar-refractivity contribution < 1.29 is 14.2 Å². The number of rotatable bonds is 3. The van der Waals surface area contributed by atoms with Crippen LogP contribution in [0.2, 0.25) is 0 Å². The zero-order valence-electron chi connectivity index (χ0n) is 14.8. The molecule has 4 heteroatoms. The Kier molecular flexibility index (Phi) is 4.86. The lowest BCUT2D eigenvalue weighted by molar-refractivity contribution is -0.205. The van der Waals surface area contributed by atoms with Gasteiger partial charge < -0.3 is 14.2 Å². The number of nitrogens with zero attached hydrogens (tertiary/aromatic N) is 1. The van der Waals surface area contributed by atoms with Crippen LogP contribution in [0.5, 0.6) is 0 Å². The molecule has 0 bridgehead atoms. The third kappa shape index (κ3) is 3.23. The van der Waals surface area contributed by atoms with Crippen molar-refractivity contribution >= 4 is 0 Å². The lowest BCUT2D eigenvalue weighted by atomic mass is 9.81. The molecular weight excluding hydrogens is 314 g/mol. The van der Waals surface area contributed by atoms with E-state index >= 15 is 0 Å².